The normalized spacial score (nSPS) is 11.6. The fraction of sp³-hybridized carbons (Fsp3) is 0.375. The van der Waals surface area contributed by atoms with Crippen LogP contribution in [0.25, 0.3) is 0 Å². The third kappa shape index (κ3) is 3.30. The molecule has 0 aliphatic rings. The average molecular weight is 323 g/mol. The van der Waals surface area contributed by atoms with Crippen LogP contribution in [0.3, 0.4) is 0 Å². The molecule has 21 heavy (non-hydrogen) atoms. The number of sulfonamides is 1. The van der Waals surface area contributed by atoms with E-state index in [2.05, 4.69) is 4.72 Å². The van der Waals surface area contributed by atoms with Crippen LogP contribution in [-0.2, 0) is 22.9 Å². The second kappa shape index (κ2) is 6.20. The van der Waals surface area contributed by atoms with Crippen molar-refractivity contribution in [3.8, 4) is 0 Å². The first-order valence-electron chi connectivity index (χ1n) is 7.09. The van der Waals surface area contributed by atoms with Crippen molar-refractivity contribution in [2.45, 2.75) is 45.4 Å². The highest BCUT2D eigenvalue weighted by atomic mass is 32.2. The highest BCUT2D eigenvalue weighted by molar-refractivity contribution is 7.93. The molecule has 0 unspecified atom stereocenters. The quantitative estimate of drug-likeness (QED) is 0.892. The van der Waals surface area contributed by atoms with E-state index in [4.69, 9.17) is 0 Å². The van der Waals surface area contributed by atoms with Gasteiger partial charge in [-0.05, 0) is 43.9 Å². The highest BCUT2D eigenvalue weighted by Gasteiger charge is 2.21. The molecule has 1 aromatic carbocycles. The Bertz CT molecular complexity index is 723. The molecule has 0 bridgehead atoms. The van der Waals surface area contributed by atoms with Crippen LogP contribution in [0.2, 0.25) is 0 Å². The number of thiophene rings is 1. The lowest BCUT2D eigenvalue weighted by atomic mass is 10.0. The van der Waals surface area contributed by atoms with E-state index in [1.807, 2.05) is 45.9 Å². The zero-order valence-electron chi connectivity index (χ0n) is 12.9. The van der Waals surface area contributed by atoms with Crippen LogP contribution < -0.4 is 4.72 Å². The SMILES string of the molecule is CCc1cccc(CC)c1NS(=O)(=O)c1cc(C)sc1C. The van der Waals surface area contributed by atoms with Crippen molar-refractivity contribution in [2.24, 2.45) is 0 Å². The Kier molecular flexibility index (Phi) is 4.74. The maximum Gasteiger partial charge on any atom is 0.263 e. The van der Waals surface area contributed by atoms with Gasteiger partial charge in [-0.2, -0.15) is 0 Å². The van der Waals surface area contributed by atoms with Crippen LogP contribution in [0, 0.1) is 13.8 Å². The molecule has 0 aliphatic carbocycles. The molecule has 2 aromatic rings. The van der Waals surface area contributed by atoms with Crippen molar-refractivity contribution in [1.82, 2.24) is 0 Å². The number of hydrogen-bond acceptors (Lipinski definition) is 3. The second-order valence-corrected chi connectivity index (χ2v) is 8.15. The molecular formula is C16H21NO2S2. The summed E-state index contributed by atoms with van der Waals surface area (Å²) in [4.78, 5) is 2.22. The number of nitrogens with one attached hydrogen (secondary N) is 1. The van der Waals surface area contributed by atoms with Crippen LogP contribution in [0.15, 0.2) is 29.2 Å². The number of anilines is 1. The molecule has 5 heteroatoms. The third-order valence-electron chi connectivity index (χ3n) is 3.52. The van der Waals surface area contributed by atoms with Gasteiger partial charge in [-0.15, -0.1) is 11.3 Å². The van der Waals surface area contributed by atoms with Gasteiger partial charge in [0, 0.05) is 9.75 Å². The van der Waals surface area contributed by atoms with E-state index in [1.54, 1.807) is 6.07 Å². The summed E-state index contributed by atoms with van der Waals surface area (Å²) in [5, 5.41) is 0. The molecule has 0 aliphatic heterocycles. The van der Waals surface area contributed by atoms with Crippen molar-refractivity contribution < 1.29 is 8.42 Å². The van der Waals surface area contributed by atoms with Crippen LogP contribution in [0.1, 0.15) is 34.7 Å². The third-order valence-corrected chi connectivity index (χ3v) is 6.09. The first-order valence-corrected chi connectivity index (χ1v) is 9.39. The van der Waals surface area contributed by atoms with E-state index in [1.165, 1.54) is 11.3 Å². The molecule has 1 aromatic heterocycles. The minimum atomic E-state index is -3.53. The summed E-state index contributed by atoms with van der Waals surface area (Å²) in [5.41, 5.74) is 2.80. The molecule has 0 saturated carbocycles. The summed E-state index contributed by atoms with van der Waals surface area (Å²) in [5.74, 6) is 0. The monoisotopic (exact) mass is 323 g/mol. The van der Waals surface area contributed by atoms with Crippen molar-refractivity contribution in [3.05, 3.63) is 45.1 Å². The Balaban J connectivity index is 2.48. The summed E-state index contributed by atoms with van der Waals surface area (Å²) < 4.78 is 28.1. The average Bonchev–Trinajstić information content (AvgIpc) is 2.78. The lowest BCUT2D eigenvalue weighted by molar-refractivity contribution is 0.601. The minimum Gasteiger partial charge on any atom is -0.279 e. The first-order chi connectivity index (χ1) is 9.89. The lowest BCUT2D eigenvalue weighted by Gasteiger charge is -2.15. The maximum absolute atomic E-state index is 12.7. The van der Waals surface area contributed by atoms with E-state index in [9.17, 15) is 8.42 Å². The molecule has 0 fully saturated rings. The predicted molar refractivity (Wildman–Crippen MR) is 89.8 cm³/mol. The van der Waals surface area contributed by atoms with E-state index < -0.39 is 10.0 Å². The molecular weight excluding hydrogens is 302 g/mol. The van der Waals surface area contributed by atoms with Crippen LogP contribution in [-0.4, -0.2) is 8.42 Å². The fourth-order valence-corrected chi connectivity index (χ4v) is 5.14. The molecule has 0 amide bonds. The number of benzene rings is 1. The Labute approximate surface area is 131 Å². The van der Waals surface area contributed by atoms with Gasteiger partial charge in [0.2, 0.25) is 0 Å². The van der Waals surface area contributed by atoms with Gasteiger partial charge in [0.25, 0.3) is 10.0 Å². The molecule has 1 heterocycles. The summed E-state index contributed by atoms with van der Waals surface area (Å²) in [7, 11) is -3.53. The molecule has 0 saturated heterocycles. The molecule has 114 valence electrons. The van der Waals surface area contributed by atoms with Gasteiger partial charge >= 0.3 is 0 Å². The zero-order valence-corrected chi connectivity index (χ0v) is 14.5. The van der Waals surface area contributed by atoms with Crippen LogP contribution >= 0.6 is 11.3 Å². The van der Waals surface area contributed by atoms with Crippen molar-refractivity contribution in [3.63, 3.8) is 0 Å². The lowest BCUT2D eigenvalue weighted by Crippen LogP contribution is -2.15. The van der Waals surface area contributed by atoms with E-state index in [0.717, 1.165) is 39.4 Å². The first kappa shape index (κ1) is 16.0. The van der Waals surface area contributed by atoms with Crippen molar-refractivity contribution in [1.29, 1.82) is 0 Å². The van der Waals surface area contributed by atoms with E-state index in [-0.39, 0.29) is 0 Å². The summed E-state index contributed by atoms with van der Waals surface area (Å²) in [6, 6.07) is 7.67. The van der Waals surface area contributed by atoms with Gasteiger partial charge in [-0.1, -0.05) is 32.0 Å². The van der Waals surface area contributed by atoms with Crippen molar-refractivity contribution in [2.75, 3.05) is 4.72 Å². The molecule has 0 radical (unpaired) electrons. The molecule has 0 spiro atoms. The Morgan fingerprint density at radius 2 is 1.67 bits per heavy atom. The second-order valence-electron chi connectivity index (χ2n) is 5.04. The fourth-order valence-electron chi connectivity index (χ4n) is 2.44. The summed E-state index contributed by atoms with van der Waals surface area (Å²) in [6.07, 6.45) is 1.60. The number of aryl methyl sites for hydroxylation is 4. The van der Waals surface area contributed by atoms with E-state index in [0.29, 0.717) is 4.90 Å². The largest absolute Gasteiger partial charge is 0.279 e. The van der Waals surface area contributed by atoms with Crippen LogP contribution in [0.4, 0.5) is 5.69 Å². The smallest absolute Gasteiger partial charge is 0.263 e. The zero-order chi connectivity index (χ0) is 15.6. The Morgan fingerprint density at radius 3 is 2.10 bits per heavy atom. The van der Waals surface area contributed by atoms with Gasteiger partial charge in [0.15, 0.2) is 0 Å². The molecule has 2 rings (SSSR count). The standard InChI is InChI=1S/C16H21NO2S2/c1-5-13-8-7-9-14(6-2)16(13)17-21(18,19)15-10-11(3)20-12(15)4/h7-10,17H,5-6H2,1-4H3. The van der Waals surface area contributed by atoms with Crippen LogP contribution in [0.5, 0.6) is 0 Å². The topological polar surface area (TPSA) is 46.2 Å². The van der Waals surface area contributed by atoms with Crippen molar-refractivity contribution >= 4 is 27.0 Å². The molecule has 0 atom stereocenters. The molecule has 1 N–H and O–H groups in total. The molecule has 3 nitrogen and oxygen atoms in total. The predicted octanol–water partition coefficient (Wildman–Crippen LogP) is 4.29. The number of rotatable bonds is 5. The number of hydrogen-bond donors (Lipinski definition) is 1. The minimum absolute atomic E-state index is 0.387. The highest BCUT2D eigenvalue weighted by Crippen LogP contribution is 2.29. The van der Waals surface area contributed by atoms with Gasteiger partial charge in [0.05, 0.1) is 5.69 Å². The van der Waals surface area contributed by atoms with Gasteiger partial charge in [0.1, 0.15) is 4.90 Å². The Hall–Kier alpha value is -1.33. The van der Waals surface area contributed by atoms with Gasteiger partial charge < -0.3 is 0 Å². The Morgan fingerprint density at radius 1 is 1.10 bits per heavy atom. The van der Waals surface area contributed by atoms with Gasteiger partial charge in [-0.25, -0.2) is 8.42 Å². The summed E-state index contributed by atoms with van der Waals surface area (Å²) >= 11 is 1.51. The summed E-state index contributed by atoms with van der Waals surface area (Å²) in [6.45, 7) is 7.84. The van der Waals surface area contributed by atoms with E-state index >= 15 is 0 Å². The maximum atomic E-state index is 12.7. The number of para-hydroxylation sites is 1. The van der Waals surface area contributed by atoms with Gasteiger partial charge in [-0.3, -0.25) is 4.72 Å².